The second-order valence-electron chi connectivity index (χ2n) is 9.97. The first-order valence-electron chi connectivity index (χ1n) is 13.8. The number of carbonyl (C=O) groups is 2. The summed E-state index contributed by atoms with van der Waals surface area (Å²) in [5.74, 6) is 0.544. The fourth-order valence-electron chi connectivity index (χ4n) is 4.92. The summed E-state index contributed by atoms with van der Waals surface area (Å²) in [6, 6.07) is 10.9. The Balaban J connectivity index is 1.31. The van der Waals surface area contributed by atoms with Gasteiger partial charge in [-0.1, -0.05) is 6.08 Å². The first-order valence-corrected chi connectivity index (χ1v) is 13.8. The second kappa shape index (κ2) is 13.9. The fourth-order valence-corrected chi connectivity index (χ4v) is 4.92. The summed E-state index contributed by atoms with van der Waals surface area (Å²) in [6.07, 6.45) is 4.41. The van der Waals surface area contributed by atoms with Gasteiger partial charge in [0, 0.05) is 62.3 Å². The highest BCUT2D eigenvalue weighted by Gasteiger charge is 2.22. The minimum atomic E-state index is -0.309. The summed E-state index contributed by atoms with van der Waals surface area (Å²) < 4.78 is 10.9. The van der Waals surface area contributed by atoms with Crippen LogP contribution in [-0.2, 0) is 9.47 Å². The van der Waals surface area contributed by atoms with E-state index >= 15 is 0 Å². The third kappa shape index (κ3) is 8.03. The third-order valence-electron chi connectivity index (χ3n) is 6.72. The predicted molar refractivity (Wildman–Crippen MR) is 156 cm³/mol. The molecule has 1 aromatic carbocycles. The number of nitrogens with one attached hydrogen (secondary N) is 2. The summed E-state index contributed by atoms with van der Waals surface area (Å²) in [4.78, 5) is 37.5. The summed E-state index contributed by atoms with van der Waals surface area (Å²) >= 11 is 0. The molecular formula is C29H39N7O4. The Kier molecular flexibility index (Phi) is 10.1. The van der Waals surface area contributed by atoms with Gasteiger partial charge in [0.15, 0.2) is 11.8 Å². The Morgan fingerprint density at radius 3 is 2.60 bits per heavy atom. The maximum Gasteiger partial charge on any atom is 0.410 e. The van der Waals surface area contributed by atoms with Crippen LogP contribution in [0.2, 0.25) is 0 Å². The van der Waals surface area contributed by atoms with Crippen molar-refractivity contribution in [2.45, 2.75) is 39.4 Å². The van der Waals surface area contributed by atoms with Crippen LogP contribution in [0.25, 0.3) is 5.57 Å². The van der Waals surface area contributed by atoms with E-state index in [1.54, 1.807) is 42.3 Å². The molecule has 0 aliphatic carbocycles. The molecule has 40 heavy (non-hydrogen) atoms. The van der Waals surface area contributed by atoms with Crippen molar-refractivity contribution in [1.29, 1.82) is 0 Å². The minimum Gasteiger partial charge on any atom is -0.450 e. The highest BCUT2D eigenvalue weighted by atomic mass is 16.6. The molecule has 0 saturated carbocycles. The molecule has 2 amide bonds. The number of guanidine groups is 1. The molecule has 4 N–H and O–H groups in total. The monoisotopic (exact) mass is 549 g/mol. The summed E-state index contributed by atoms with van der Waals surface area (Å²) in [7, 11) is 0. The average Bonchev–Trinajstić information content (AvgIpc) is 2.93. The van der Waals surface area contributed by atoms with Gasteiger partial charge in [-0.25, -0.2) is 9.78 Å². The maximum atomic E-state index is 12.6. The van der Waals surface area contributed by atoms with Crippen molar-refractivity contribution in [3.8, 4) is 0 Å². The van der Waals surface area contributed by atoms with E-state index in [2.05, 4.69) is 39.4 Å². The Morgan fingerprint density at radius 2 is 1.93 bits per heavy atom. The van der Waals surface area contributed by atoms with Crippen LogP contribution in [0.3, 0.4) is 0 Å². The van der Waals surface area contributed by atoms with Crippen molar-refractivity contribution >= 4 is 35.0 Å². The van der Waals surface area contributed by atoms with Crippen LogP contribution in [-0.4, -0.2) is 90.8 Å². The van der Waals surface area contributed by atoms with E-state index in [4.69, 9.17) is 15.2 Å². The Labute approximate surface area is 235 Å². The Bertz CT molecular complexity index is 1220. The van der Waals surface area contributed by atoms with Crippen LogP contribution in [0.5, 0.6) is 0 Å². The van der Waals surface area contributed by atoms with Gasteiger partial charge < -0.3 is 30.7 Å². The molecule has 0 spiro atoms. The zero-order chi connectivity index (χ0) is 28.5. The molecule has 4 rings (SSSR count). The van der Waals surface area contributed by atoms with E-state index in [1.807, 2.05) is 18.2 Å². The lowest BCUT2D eigenvalue weighted by Gasteiger charge is -2.35. The molecule has 3 heterocycles. The van der Waals surface area contributed by atoms with Gasteiger partial charge >= 0.3 is 6.09 Å². The van der Waals surface area contributed by atoms with Crippen molar-refractivity contribution in [2.24, 2.45) is 10.7 Å². The number of amides is 2. The number of benzene rings is 1. The van der Waals surface area contributed by atoms with E-state index in [0.717, 1.165) is 30.8 Å². The number of pyridine rings is 1. The summed E-state index contributed by atoms with van der Waals surface area (Å²) in [5.41, 5.74) is 9.39. The van der Waals surface area contributed by atoms with Gasteiger partial charge in [0.25, 0.3) is 5.91 Å². The number of hydrogen-bond donors (Lipinski definition) is 3. The number of aromatic nitrogens is 1. The third-order valence-corrected chi connectivity index (χ3v) is 6.72. The summed E-state index contributed by atoms with van der Waals surface area (Å²) in [5, 5.41) is 6.05. The highest BCUT2D eigenvalue weighted by molar-refractivity contribution is 5.97. The summed E-state index contributed by atoms with van der Waals surface area (Å²) in [6.45, 7) is 10.4. The van der Waals surface area contributed by atoms with Gasteiger partial charge in [-0.15, -0.1) is 0 Å². The van der Waals surface area contributed by atoms with Gasteiger partial charge in [0.2, 0.25) is 0 Å². The first-order chi connectivity index (χ1) is 19.3. The number of hydrogen-bond acceptors (Lipinski definition) is 7. The zero-order valence-corrected chi connectivity index (χ0v) is 23.4. The van der Waals surface area contributed by atoms with E-state index < -0.39 is 0 Å². The molecule has 2 atom stereocenters. The Morgan fingerprint density at radius 1 is 1.18 bits per heavy atom. The number of ether oxygens (including phenoxy) is 2. The lowest BCUT2D eigenvalue weighted by molar-refractivity contribution is -0.0672. The standard InChI is InChI=1S/C29H39N7O4/c1-4-39-29(38)36-15-11-22(12-16-36)25-6-5-13-31-26(25)34-28(30)33-24-9-7-23(8-10-24)27(37)32-14-17-35-18-20(2)40-21(3)19-35/h5-11,13,20-21H,4,12,14-19H2,1-3H3,(H,32,37)(H3,30,31,33,34). The fraction of sp³-hybridized carbons (Fsp3) is 0.448. The number of rotatable bonds is 8. The predicted octanol–water partition coefficient (Wildman–Crippen LogP) is 3.22. The van der Waals surface area contributed by atoms with Crippen LogP contribution >= 0.6 is 0 Å². The highest BCUT2D eigenvalue weighted by Crippen LogP contribution is 2.29. The molecule has 11 heteroatoms. The quantitative estimate of drug-likeness (QED) is 0.338. The number of carbonyl (C=O) groups excluding carboxylic acids is 2. The van der Waals surface area contributed by atoms with E-state index in [1.165, 1.54) is 0 Å². The molecule has 1 saturated heterocycles. The zero-order valence-electron chi connectivity index (χ0n) is 23.4. The molecule has 2 aromatic rings. The van der Waals surface area contributed by atoms with Gasteiger partial charge in [-0.05, 0) is 69.2 Å². The minimum absolute atomic E-state index is 0.122. The number of morpholine rings is 1. The lowest BCUT2D eigenvalue weighted by Crippen LogP contribution is -2.47. The molecule has 1 aromatic heterocycles. The van der Waals surface area contributed by atoms with Crippen LogP contribution in [0.15, 0.2) is 53.7 Å². The average molecular weight is 550 g/mol. The van der Waals surface area contributed by atoms with E-state index in [0.29, 0.717) is 49.7 Å². The van der Waals surface area contributed by atoms with Crippen LogP contribution in [0, 0.1) is 0 Å². The van der Waals surface area contributed by atoms with Crippen LogP contribution in [0.1, 0.15) is 43.1 Å². The SMILES string of the molecule is CCOC(=O)N1CC=C(c2cccnc2N=C(N)Nc2ccc(C(=O)NCCN3CC(C)OC(C)C3)cc2)CC1. The smallest absolute Gasteiger partial charge is 0.410 e. The number of aliphatic imine (C=N–C) groups is 1. The number of anilines is 1. The van der Waals surface area contributed by atoms with Crippen molar-refractivity contribution < 1.29 is 19.1 Å². The largest absolute Gasteiger partial charge is 0.450 e. The van der Waals surface area contributed by atoms with Gasteiger partial charge in [-0.3, -0.25) is 9.69 Å². The number of nitrogens with two attached hydrogens (primary N) is 1. The lowest BCUT2D eigenvalue weighted by atomic mass is 10.0. The molecule has 0 bridgehead atoms. The van der Waals surface area contributed by atoms with Crippen LogP contribution < -0.4 is 16.4 Å². The van der Waals surface area contributed by atoms with Crippen molar-refractivity contribution in [2.75, 3.05) is 51.2 Å². The number of nitrogens with zero attached hydrogens (tertiary/aromatic N) is 4. The van der Waals surface area contributed by atoms with Crippen LogP contribution in [0.4, 0.5) is 16.3 Å². The molecule has 2 aliphatic rings. The molecule has 2 aliphatic heterocycles. The van der Waals surface area contributed by atoms with Crippen molar-refractivity contribution in [3.63, 3.8) is 0 Å². The molecule has 2 unspecified atom stereocenters. The van der Waals surface area contributed by atoms with E-state index in [9.17, 15) is 9.59 Å². The molecule has 1 fully saturated rings. The van der Waals surface area contributed by atoms with Gasteiger partial charge in [-0.2, -0.15) is 4.99 Å². The molecule has 214 valence electrons. The molecular weight excluding hydrogens is 510 g/mol. The topological polar surface area (TPSA) is 134 Å². The first kappa shape index (κ1) is 29.0. The van der Waals surface area contributed by atoms with Gasteiger partial charge in [0.1, 0.15) is 0 Å². The Hall–Kier alpha value is -3.96. The normalized spacial score (nSPS) is 20.0. The van der Waals surface area contributed by atoms with Crippen molar-refractivity contribution in [3.05, 3.63) is 59.8 Å². The van der Waals surface area contributed by atoms with Gasteiger partial charge in [0.05, 0.1) is 18.8 Å². The van der Waals surface area contributed by atoms with Crippen molar-refractivity contribution in [1.82, 2.24) is 20.1 Å². The van der Waals surface area contributed by atoms with E-state index in [-0.39, 0.29) is 30.2 Å². The molecule has 0 radical (unpaired) electrons. The second-order valence-corrected chi connectivity index (χ2v) is 9.97. The maximum absolute atomic E-state index is 12.6. The molecule has 11 nitrogen and oxygen atoms in total.